The largest absolute Gasteiger partial charge is 0.462 e. The molecule has 1 heterocycles. The highest BCUT2D eigenvalue weighted by atomic mass is 16.5. The van der Waals surface area contributed by atoms with Crippen molar-refractivity contribution in [2.24, 2.45) is 5.92 Å². The van der Waals surface area contributed by atoms with Gasteiger partial charge in [-0.1, -0.05) is 50.1 Å². The molecule has 1 N–H and O–H groups in total. The second kappa shape index (κ2) is 10.8. The van der Waals surface area contributed by atoms with Gasteiger partial charge in [0, 0.05) is 18.7 Å². The highest BCUT2D eigenvalue weighted by Crippen LogP contribution is 2.29. The van der Waals surface area contributed by atoms with Crippen LogP contribution in [0.4, 0.5) is 5.69 Å². The van der Waals surface area contributed by atoms with Crippen LogP contribution in [0, 0.1) is 5.92 Å². The van der Waals surface area contributed by atoms with E-state index >= 15 is 0 Å². The number of rotatable bonds is 9. The first-order valence-electron chi connectivity index (χ1n) is 10.9. The maximum absolute atomic E-state index is 12.7. The van der Waals surface area contributed by atoms with Crippen molar-refractivity contribution >= 4 is 23.5 Å². The van der Waals surface area contributed by atoms with E-state index in [1.165, 1.54) is 0 Å². The summed E-state index contributed by atoms with van der Waals surface area (Å²) >= 11 is 0. The van der Waals surface area contributed by atoms with Gasteiger partial charge >= 0.3 is 5.97 Å². The summed E-state index contributed by atoms with van der Waals surface area (Å²) in [5.74, 6) is -0.966. The minimum atomic E-state index is -0.401. The Hall–Kier alpha value is -3.15. The van der Waals surface area contributed by atoms with E-state index in [-0.39, 0.29) is 30.2 Å². The lowest BCUT2D eigenvalue weighted by Gasteiger charge is -2.25. The van der Waals surface area contributed by atoms with Crippen LogP contribution >= 0.6 is 0 Å². The molecule has 1 fully saturated rings. The zero-order chi connectivity index (χ0) is 22.2. The third kappa shape index (κ3) is 5.94. The first-order valence-corrected chi connectivity index (χ1v) is 10.9. The van der Waals surface area contributed by atoms with E-state index in [4.69, 9.17) is 4.74 Å². The maximum Gasteiger partial charge on any atom is 0.338 e. The molecule has 0 bridgehead atoms. The molecule has 1 saturated heterocycles. The lowest BCUT2D eigenvalue weighted by molar-refractivity contribution is -0.129. The topological polar surface area (TPSA) is 75.7 Å². The molecule has 2 atom stereocenters. The molecule has 0 aliphatic carbocycles. The summed E-state index contributed by atoms with van der Waals surface area (Å²) in [4.78, 5) is 39.0. The quantitative estimate of drug-likeness (QED) is 0.474. The molecule has 0 radical (unpaired) electrons. The van der Waals surface area contributed by atoms with Gasteiger partial charge in [-0.2, -0.15) is 0 Å². The minimum absolute atomic E-state index is 0.0160. The second-order valence-electron chi connectivity index (χ2n) is 7.94. The SMILES string of the molecule is CCCCCOC(=O)c1ccc(NC(=O)[C@@H]2CC(=O)N([C@H](C)c3ccccc3)C2)cc1. The molecule has 31 heavy (non-hydrogen) atoms. The van der Waals surface area contributed by atoms with Gasteiger partial charge in [0.25, 0.3) is 0 Å². The Balaban J connectivity index is 1.53. The van der Waals surface area contributed by atoms with Gasteiger partial charge in [0.2, 0.25) is 11.8 Å². The molecule has 6 heteroatoms. The van der Waals surface area contributed by atoms with Crippen molar-refractivity contribution < 1.29 is 19.1 Å². The van der Waals surface area contributed by atoms with Crippen LogP contribution in [0.25, 0.3) is 0 Å². The normalized spacial score (nSPS) is 16.8. The summed E-state index contributed by atoms with van der Waals surface area (Å²) in [5.41, 5.74) is 2.09. The van der Waals surface area contributed by atoms with Gasteiger partial charge in [-0.15, -0.1) is 0 Å². The minimum Gasteiger partial charge on any atom is -0.462 e. The van der Waals surface area contributed by atoms with Gasteiger partial charge in [-0.3, -0.25) is 9.59 Å². The summed E-state index contributed by atoms with van der Waals surface area (Å²) in [6.45, 7) is 4.88. The van der Waals surface area contributed by atoms with Crippen molar-refractivity contribution in [2.45, 2.75) is 45.6 Å². The van der Waals surface area contributed by atoms with E-state index in [1.807, 2.05) is 37.3 Å². The Labute approximate surface area is 183 Å². The Morgan fingerprint density at radius 2 is 1.81 bits per heavy atom. The van der Waals surface area contributed by atoms with Gasteiger partial charge in [0.15, 0.2) is 0 Å². The third-order valence-electron chi connectivity index (χ3n) is 5.65. The fraction of sp³-hybridized carbons (Fsp3) is 0.400. The molecule has 0 saturated carbocycles. The number of hydrogen-bond donors (Lipinski definition) is 1. The van der Waals surface area contributed by atoms with Crippen LogP contribution < -0.4 is 5.32 Å². The summed E-state index contributed by atoms with van der Waals surface area (Å²) in [5, 5.41) is 2.86. The standard InChI is InChI=1S/C25H30N2O4/c1-3-4-8-15-31-25(30)20-11-13-22(14-12-20)26-24(29)21-16-23(28)27(17-21)18(2)19-9-6-5-7-10-19/h5-7,9-14,18,21H,3-4,8,15-17H2,1-2H3,(H,26,29)/t18-,21-/m1/s1. The van der Waals surface area contributed by atoms with Crippen LogP contribution in [0.2, 0.25) is 0 Å². The summed E-state index contributed by atoms with van der Waals surface area (Å²) in [7, 11) is 0. The predicted molar refractivity (Wildman–Crippen MR) is 120 cm³/mol. The molecule has 6 nitrogen and oxygen atoms in total. The molecule has 1 aliphatic heterocycles. The number of nitrogens with one attached hydrogen (secondary N) is 1. The number of nitrogens with zero attached hydrogens (tertiary/aromatic N) is 1. The maximum atomic E-state index is 12.7. The molecule has 2 aromatic carbocycles. The van der Waals surface area contributed by atoms with Gasteiger partial charge in [0.05, 0.1) is 24.1 Å². The van der Waals surface area contributed by atoms with Crippen LogP contribution in [0.3, 0.4) is 0 Å². The Kier molecular flexibility index (Phi) is 7.82. The van der Waals surface area contributed by atoms with Crippen molar-refractivity contribution in [3.8, 4) is 0 Å². The van der Waals surface area contributed by atoms with E-state index in [9.17, 15) is 14.4 Å². The molecule has 0 unspecified atom stereocenters. The van der Waals surface area contributed by atoms with Gasteiger partial charge in [0.1, 0.15) is 0 Å². The van der Waals surface area contributed by atoms with E-state index < -0.39 is 5.92 Å². The van der Waals surface area contributed by atoms with Gasteiger partial charge in [-0.05, 0) is 43.2 Å². The van der Waals surface area contributed by atoms with Crippen molar-refractivity contribution in [3.63, 3.8) is 0 Å². The van der Waals surface area contributed by atoms with Crippen molar-refractivity contribution in [1.29, 1.82) is 0 Å². The number of ether oxygens (including phenoxy) is 1. The summed E-state index contributed by atoms with van der Waals surface area (Å²) < 4.78 is 5.25. The zero-order valence-corrected chi connectivity index (χ0v) is 18.2. The van der Waals surface area contributed by atoms with Crippen LogP contribution in [-0.2, 0) is 14.3 Å². The number of benzene rings is 2. The van der Waals surface area contributed by atoms with Gasteiger partial charge < -0.3 is 15.0 Å². The fourth-order valence-corrected chi connectivity index (χ4v) is 3.73. The first-order chi connectivity index (χ1) is 15.0. The lowest BCUT2D eigenvalue weighted by atomic mass is 10.1. The summed E-state index contributed by atoms with van der Waals surface area (Å²) in [6.07, 6.45) is 3.16. The third-order valence-corrected chi connectivity index (χ3v) is 5.65. The molecule has 3 rings (SSSR count). The van der Waals surface area contributed by atoms with Crippen molar-refractivity contribution in [3.05, 3.63) is 65.7 Å². The van der Waals surface area contributed by atoms with E-state index in [2.05, 4.69) is 12.2 Å². The Morgan fingerprint density at radius 3 is 2.48 bits per heavy atom. The number of amides is 2. The molecule has 164 valence electrons. The van der Waals surface area contributed by atoms with Gasteiger partial charge in [-0.25, -0.2) is 4.79 Å². The van der Waals surface area contributed by atoms with E-state index in [0.29, 0.717) is 24.4 Å². The average molecular weight is 423 g/mol. The molecular formula is C25H30N2O4. The number of hydrogen-bond acceptors (Lipinski definition) is 4. The predicted octanol–water partition coefficient (Wildman–Crippen LogP) is 4.58. The highest BCUT2D eigenvalue weighted by Gasteiger charge is 2.37. The van der Waals surface area contributed by atoms with E-state index in [1.54, 1.807) is 29.2 Å². The highest BCUT2D eigenvalue weighted by molar-refractivity contribution is 5.98. The zero-order valence-electron chi connectivity index (χ0n) is 18.2. The van der Waals surface area contributed by atoms with E-state index in [0.717, 1.165) is 24.8 Å². The molecular weight excluding hydrogens is 392 g/mol. The molecule has 1 aliphatic rings. The average Bonchev–Trinajstić information content (AvgIpc) is 3.19. The number of likely N-dealkylation sites (tertiary alicyclic amines) is 1. The lowest BCUT2D eigenvalue weighted by Crippen LogP contribution is -2.30. The van der Waals surface area contributed by atoms with Crippen LogP contribution in [0.1, 0.15) is 61.5 Å². The first kappa shape index (κ1) is 22.5. The Morgan fingerprint density at radius 1 is 1.10 bits per heavy atom. The number of anilines is 1. The fourth-order valence-electron chi connectivity index (χ4n) is 3.73. The van der Waals surface area contributed by atoms with Crippen molar-refractivity contribution in [2.75, 3.05) is 18.5 Å². The number of unbranched alkanes of at least 4 members (excludes halogenated alkanes) is 2. The van der Waals surface area contributed by atoms with Crippen molar-refractivity contribution in [1.82, 2.24) is 4.90 Å². The molecule has 2 amide bonds. The second-order valence-corrected chi connectivity index (χ2v) is 7.94. The smallest absolute Gasteiger partial charge is 0.338 e. The van der Waals surface area contributed by atoms with Crippen LogP contribution in [-0.4, -0.2) is 35.8 Å². The Bertz CT molecular complexity index is 895. The number of carbonyl (C=O) groups is 3. The molecule has 0 spiro atoms. The molecule has 2 aromatic rings. The molecule has 0 aromatic heterocycles. The van der Waals surface area contributed by atoms with Crippen LogP contribution in [0.15, 0.2) is 54.6 Å². The summed E-state index contributed by atoms with van der Waals surface area (Å²) in [6, 6.07) is 16.4. The number of carbonyl (C=O) groups excluding carboxylic acids is 3. The van der Waals surface area contributed by atoms with Crippen LogP contribution in [0.5, 0.6) is 0 Å². The number of esters is 1. The monoisotopic (exact) mass is 422 g/mol.